The van der Waals surface area contributed by atoms with Crippen LogP contribution in [0.2, 0.25) is 5.02 Å². The number of benzene rings is 1. The van der Waals surface area contributed by atoms with Crippen molar-refractivity contribution in [2.45, 2.75) is 19.4 Å². The lowest BCUT2D eigenvalue weighted by atomic mass is 10.1. The van der Waals surface area contributed by atoms with Crippen LogP contribution in [0.3, 0.4) is 0 Å². The number of nitrogens with two attached hydrogens (primary N) is 1. The van der Waals surface area contributed by atoms with E-state index in [1.54, 1.807) is 12.1 Å². The Morgan fingerprint density at radius 2 is 2.20 bits per heavy atom. The molecule has 1 amide bonds. The molecule has 112 valence electrons. The number of hydrogen-bond donors (Lipinski definition) is 2. The Kier molecular flexibility index (Phi) is 6.76. The summed E-state index contributed by atoms with van der Waals surface area (Å²) in [5, 5.41) is 3.41. The first-order chi connectivity index (χ1) is 9.10. The molecule has 1 heterocycles. The Bertz CT molecular complexity index is 456. The summed E-state index contributed by atoms with van der Waals surface area (Å²) in [5.41, 5.74) is 6.35. The van der Waals surface area contributed by atoms with Crippen LogP contribution in [-0.2, 0) is 4.79 Å². The van der Waals surface area contributed by atoms with Gasteiger partial charge in [0.2, 0.25) is 5.91 Å². The average molecular weight is 318 g/mol. The zero-order valence-corrected chi connectivity index (χ0v) is 13.1. The van der Waals surface area contributed by atoms with Crippen molar-refractivity contribution in [1.82, 2.24) is 4.90 Å². The van der Waals surface area contributed by atoms with Gasteiger partial charge in [-0.3, -0.25) is 9.69 Å². The summed E-state index contributed by atoms with van der Waals surface area (Å²) in [7, 11) is 0. The molecule has 1 fully saturated rings. The molecular formula is C14H21Cl2N3O. The smallest absolute Gasteiger partial charge is 0.238 e. The van der Waals surface area contributed by atoms with Crippen molar-refractivity contribution >= 4 is 35.6 Å². The Hall–Kier alpha value is -0.810. The minimum absolute atomic E-state index is 0. The molecule has 0 radical (unpaired) electrons. The molecule has 4 nitrogen and oxygen atoms in total. The molecule has 0 spiro atoms. The number of likely N-dealkylation sites (tertiary alicyclic amines) is 1. The Balaban J connectivity index is 0.00000200. The maximum Gasteiger partial charge on any atom is 0.238 e. The lowest BCUT2D eigenvalue weighted by molar-refractivity contribution is -0.117. The van der Waals surface area contributed by atoms with Gasteiger partial charge in [0, 0.05) is 12.6 Å². The lowest BCUT2D eigenvalue weighted by Gasteiger charge is -2.20. The highest BCUT2D eigenvalue weighted by Gasteiger charge is 2.29. The second kappa shape index (κ2) is 7.84. The Morgan fingerprint density at radius 3 is 2.80 bits per heavy atom. The van der Waals surface area contributed by atoms with E-state index in [4.69, 9.17) is 17.3 Å². The first-order valence-corrected chi connectivity index (χ1v) is 6.96. The summed E-state index contributed by atoms with van der Waals surface area (Å²) in [6.45, 7) is 4.11. The van der Waals surface area contributed by atoms with Crippen LogP contribution in [-0.4, -0.2) is 36.5 Å². The number of halogens is 2. The topological polar surface area (TPSA) is 58.4 Å². The van der Waals surface area contributed by atoms with E-state index in [-0.39, 0.29) is 18.3 Å². The molecular weight excluding hydrogens is 297 g/mol. The second-order valence-corrected chi connectivity index (χ2v) is 5.55. The molecule has 1 saturated heterocycles. The highest BCUT2D eigenvalue weighted by Crippen LogP contribution is 2.23. The third-order valence-electron chi connectivity index (χ3n) is 3.62. The van der Waals surface area contributed by atoms with Gasteiger partial charge in [-0.1, -0.05) is 23.7 Å². The van der Waals surface area contributed by atoms with Crippen LogP contribution in [0.15, 0.2) is 24.3 Å². The number of nitrogens with zero attached hydrogens (tertiary/aromatic N) is 1. The highest BCUT2D eigenvalue weighted by atomic mass is 35.5. The maximum absolute atomic E-state index is 12.0. The van der Waals surface area contributed by atoms with Crippen molar-refractivity contribution < 1.29 is 4.79 Å². The fourth-order valence-electron chi connectivity index (χ4n) is 2.55. The lowest BCUT2D eigenvalue weighted by Crippen LogP contribution is -2.36. The molecule has 2 rings (SSSR count). The number of carbonyl (C=O) groups excluding carboxylic acids is 1. The van der Waals surface area contributed by atoms with E-state index in [0.29, 0.717) is 35.8 Å². The number of carbonyl (C=O) groups is 1. The number of hydrogen-bond acceptors (Lipinski definition) is 3. The standard InChI is InChI=1S/C14H20ClN3O.ClH/c1-10-6-11(7-16)8-18(10)9-14(19)17-13-5-3-2-4-12(13)15;/h2-5,10-11H,6-9,16H2,1H3,(H,17,19);1H. The van der Waals surface area contributed by atoms with E-state index in [9.17, 15) is 4.79 Å². The van der Waals surface area contributed by atoms with Crippen molar-refractivity contribution in [1.29, 1.82) is 0 Å². The van der Waals surface area contributed by atoms with Crippen LogP contribution in [0.4, 0.5) is 5.69 Å². The van der Waals surface area contributed by atoms with Gasteiger partial charge in [-0.15, -0.1) is 12.4 Å². The minimum atomic E-state index is -0.0300. The van der Waals surface area contributed by atoms with Crippen molar-refractivity contribution in [2.24, 2.45) is 11.7 Å². The van der Waals surface area contributed by atoms with Crippen LogP contribution < -0.4 is 11.1 Å². The van der Waals surface area contributed by atoms with Crippen LogP contribution in [0.5, 0.6) is 0 Å². The molecule has 0 bridgehead atoms. The quantitative estimate of drug-likeness (QED) is 0.896. The van der Waals surface area contributed by atoms with Crippen molar-refractivity contribution in [3.05, 3.63) is 29.3 Å². The van der Waals surface area contributed by atoms with E-state index < -0.39 is 0 Å². The first-order valence-electron chi connectivity index (χ1n) is 6.58. The van der Waals surface area contributed by atoms with Crippen LogP contribution in [0.25, 0.3) is 0 Å². The van der Waals surface area contributed by atoms with Gasteiger partial charge in [-0.2, -0.15) is 0 Å². The summed E-state index contributed by atoms with van der Waals surface area (Å²) in [6, 6.07) is 7.67. The molecule has 1 aliphatic heterocycles. The zero-order valence-electron chi connectivity index (χ0n) is 11.5. The van der Waals surface area contributed by atoms with Crippen LogP contribution >= 0.6 is 24.0 Å². The van der Waals surface area contributed by atoms with Gasteiger partial charge in [0.1, 0.15) is 0 Å². The van der Waals surface area contributed by atoms with Gasteiger partial charge in [-0.25, -0.2) is 0 Å². The predicted octanol–water partition coefficient (Wildman–Crippen LogP) is 2.37. The fourth-order valence-corrected chi connectivity index (χ4v) is 2.73. The van der Waals surface area contributed by atoms with Gasteiger partial charge >= 0.3 is 0 Å². The van der Waals surface area contributed by atoms with E-state index in [1.807, 2.05) is 12.1 Å². The molecule has 2 unspecified atom stereocenters. The summed E-state index contributed by atoms with van der Waals surface area (Å²) in [6.07, 6.45) is 1.07. The number of para-hydroxylation sites is 1. The van der Waals surface area contributed by atoms with Gasteiger partial charge in [0.25, 0.3) is 0 Å². The molecule has 0 aromatic heterocycles. The largest absolute Gasteiger partial charge is 0.330 e. The number of anilines is 1. The molecule has 0 saturated carbocycles. The van der Waals surface area contributed by atoms with Gasteiger partial charge in [0.15, 0.2) is 0 Å². The maximum atomic E-state index is 12.0. The van der Waals surface area contributed by atoms with Gasteiger partial charge in [0.05, 0.1) is 17.3 Å². The van der Waals surface area contributed by atoms with Crippen LogP contribution in [0.1, 0.15) is 13.3 Å². The fraction of sp³-hybridized carbons (Fsp3) is 0.500. The predicted molar refractivity (Wildman–Crippen MR) is 85.5 cm³/mol. The second-order valence-electron chi connectivity index (χ2n) is 5.14. The van der Waals surface area contributed by atoms with Crippen molar-refractivity contribution in [3.63, 3.8) is 0 Å². The molecule has 20 heavy (non-hydrogen) atoms. The van der Waals surface area contributed by atoms with Crippen molar-refractivity contribution in [3.8, 4) is 0 Å². The number of rotatable bonds is 4. The number of amides is 1. The SMILES string of the molecule is CC1CC(CN)CN1CC(=O)Nc1ccccc1Cl.Cl. The molecule has 3 N–H and O–H groups in total. The summed E-state index contributed by atoms with van der Waals surface area (Å²) < 4.78 is 0. The minimum Gasteiger partial charge on any atom is -0.330 e. The monoisotopic (exact) mass is 317 g/mol. The normalized spacial score (nSPS) is 22.4. The van der Waals surface area contributed by atoms with Crippen molar-refractivity contribution in [2.75, 3.05) is 25.0 Å². The third-order valence-corrected chi connectivity index (χ3v) is 3.95. The highest BCUT2D eigenvalue weighted by molar-refractivity contribution is 6.33. The molecule has 0 aliphatic carbocycles. The third kappa shape index (κ3) is 4.35. The van der Waals surface area contributed by atoms with E-state index in [0.717, 1.165) is 13.0 Å². The summed E-state index contributed by atoms with van der Waals surface area (Å²) in [5.74, 6) is 0.473. The zero-order chi connectivity index (χ0) is 13.8. The molecule has 6 heteroatoms. The van der Waals surface area contributed by atoms with Crippen LogP contribution in [0, 0.1) is 5.92 Å². The first kappa shape index (κ1) is 17.2. The number of nitrogens with one attached hydrogen (secondary N) is 1. The Labute approximate surface area is 131 Å². The molecule has 1 aromatic rings. The van der Waals surface area contributed by atoms with E-state index in [1.165, 1.54) is 0 Å². The molecule has 1 aliphatic rings. The molecule has 2 atom stereocenters. The molecule has 1 aromatic carbocycles. The van der Waals surface area contributed by atoms with E-state index >= 15 is 0 Å². The van der Waals surface area contributed by atoms with E-state index in [2.05, 4.69) is 17.1 Å². The van der Waals surface area contributed by atoms with Gasteiger partial charge < -0.3 is 11.1 Å². The summed E-state index contributed by atoms with van der Waals surface area (Å²) >= 11 is 6.01. The summed E-state index contributed by atoms with van der Waals surface area (Å²) in [4.78, 5) is 14.2. The average Bonchev–Trinajstić information content (AvgIpc) is 2.73. The Morgan fingerprint density at radius 1 is 1.50 bits per heavy atom. The van der Waals surface area contributed by atoms with Gasteiger partial charge in [-0.05, 0) is 37.9 Å².